The summed E-state index contributed by atoms with van der Waals surface area (Å²) >= 11 is 0. The number of aliphatic hydroxyl groups is 1. The molecule has 30 heavy (non-hydrogen) atoms. The minimum atomic E-state index is -0.480. The molecule has 1 heterocycles. The molecule has 7 heteroatoms. The molecule has 1 fully saturated rings. The van der Waals surface area contributed by atoms with E-state index in [2.05, 4.69) is 9.80 Å². The maximum absolute atomic E-state index is 10.4. The van der Waals surface area contributed by atoms with Crippen LogP contribution in [0.1, 0.15) is 11.1 Å². The maximum atomic E-state index is 10.4. The Labute approximate surface area is 192 Å². The van der Waals surface area contributed by atoms with Gasteiger partial charge in [-0.1, -0.05) is 36.4 Å². The zero-order valence-electron chi connectivity index (χ0n) is 17.8. The molecule has 0 bridgehead atoms. The monoisotopic (exact) mass is 456 g/mol. The van der Waals surface area contributed by atoms with Crippen molar-refractivity contribution in [3.05, 3.63) is 59.7 Å². The second kappa shape index (κ2) is 13.7. The van der Waals surface area contributed by atoms with E-state index in [9.17, 15) is 5.11 Å². The molecule has 0 aromatic heterocycles. The van der Waals surface area contributed by atoms with E-state index in [0.29, 0.717) is 19.8 Å². The second-order valence-corrected chi connectivity index (χ2v) is 7.49. The minimum absolute atomic E-state index is 0. The van der Waals surface area contributed by atoms with Gasteiger partial charge in [0, 0.05) is 39.3 Å². The zero-order valence-corrected chi connectivity index (χ0v) is 19.5. The lowest BCUT2D eigenvalue weighted by Crippen LogP contribution is -2.50. The highest BCUT2D eigenvalue weighted by Gasteiger charge is 2.19. The molecule has 1 N–H and O–H groups in total. The van der Waals surface area contributed by atoms with Crippen LogP contribution in [0.2, 0.25) is 0 Å². The van der Waals surface area contributed by atoms with Gasteiger partial charge in [-0.15, -0.1) is 24.8 Å². The van der Waals surface area contributed by atoms with Gasteiger partial charge in [0.15, 0.2) is 0 Å². The normalized spacial score (nSPS) is 15.6. The molecule has 5 nitrogen and oxygen atoms in total. The van der Waals surface area contributed by atoms with Crippen molar-refractivity contribution in [2.75, 3.05) is 52.5 Å². The molecule has 3 rings (SSSR count). The predicted octanol–water partition coefficient (Wildman–Crippen LogP) is 3.58. The summed E-state index contributed by atoms with van der Waals surface area (Å²) < 4.78 is 11.7. The van der Waals surface area contributed by atoms with Gasteiger partial charge in [-0.2, -0.15) is 0 Å². The first-order valence-electron chi connectivity index (χ1n) is 10.1. The summed E-state index contributed by atoms with van der Waals surface area (Å²) in [5, 5.41) is 10.4. The Kier molecular flexibility index (Phi) is 12.1. The van der Waals surface area contributed by atoms with Crippen molar-refractivity contribution in [2.24, 2.45) is 0 Å². The summed E-state index contributed by atoms with van der Waals surface area (Å²) in [7, 11) is 0. The molecule has 0 aliphatic carbocycles. The lowest BCUT2D eigenvalue weighted by Gasteiger charge is -2.35. The number of benzene rings is 2. The number of aryl methyl sites for hydroxylation is 2. The number of hydrogen-bond donors (Lipinski definition) is 1. The average Bonchev–Trinajstić information content (AvgIpc) is 2.70. The third-order valence-corrected chi connectivity index (χ3v) is 5.18. The zero-order chi connectivity index (χ0) is 19.8. The van der Waals surface area contributed by atoms with E-state index in [4.69, 9.17) is 9.47 Å². The fraction of sp³-hybridized carbons (Fsp3) is 0.478. The number of β-amino-alcohol motifs (C(OH)–C–C–N with tert-alkyl or cyclic N) is 1. The standard InChI is InChI=1S/C23H32N2O3.2ClH/c1-19-7-6-8-20(2)23(19)28-18-21(26)17-25-13-11-24(12-14-25)15-16-27-22-9-4-3-5-10-22;;/h3-10,21,26H,11-18H2,1-2H3;2*1H. The van der Waals surface area contributed by atoms with Crippen LogP contribution in [-0.2, 0) is 0 Å². The summed E-state index contributed by atoms with van der Waals surface area (Å²) in [5.41, 5.74) is 2.22. The lowest BCUT2D eigenvalue weighted by molar-refractivity contribution is 0.0433. The molecule has 1 unspecified atom stereocenters. The summed E-state index contributed by atoms with van der Waals surface area (Å²) in [6.45, 7) is 10.6. The first-order chi connectivity index (χ1) is 13.6. The van der Waals surface area contributed by atoms with Gasteiger partial charge in [-0.25, -0.2) is 0 Å². The van der Waals surface area contributed by atoms with E-state index in [1.165, 1.54) is 0 Å². The summed E-state index contributed by atoms with van der Waals surface area (Å²) in [6.07, 6.45) is -0.480. The number of nitrogens with zero attached hydrogens (tertiary/aromatic N) is 2. The number of halogens is 2. The van der Waals surface area contributed by atoms with E-state index in [1.54, 1.807) is 0 Å². The third kappa shape index (κ3) is 8.32. The molecule has 0 amide bonds. The largest absolute Gasteiger partial charge is 0.492 e. The number of hydrogen-bond acceptors (Lipinski definition) is 5. The first-order valence-corrected chi connectivity index (χ1v) is 10.1. The lowest BCUT2D eigenvalue weighted by atomic mass is 10.1. The molecule has 2 aromatic carbocycles. The molecular weight excluding hydrogens is 423 g/mol. The van der Waals surface area contributed by atoms with Crippen LogP contribution in [0, 0.1) is 13.8 Å². The third-order valence-electron chi connectivity index (χ3n) is 5.18. The van der Waals surface area contributed by atoms with Gasteiger partial charge in [0.25, 0.3) is 0 Å². The van der Waals surface area contributed by atoms with E-state index in [0.717, 1.165) is 55.3 Å². The molecule has 1 saturated heterocycles. The van der Waals surface area contributed by atoms with Gasteiger partial charge >= 0.3 is 0 Å². The van der Waals surface area contributed by atoms with E-state index >= 15 is 0 Å². The Morgan fingerprint density at radius 3 is 2.07 bits per heavy atom. The number of piperazine rings is 1. The van der Waals surface area contributed by atoms with Crippen LogP contribution in [0.4, 0.5) is 0 Å². The van der Waals surface area contributed by atoms with Crippen molar-refractivity contribution < 1.29 is 14.6 Å². The number of rotatable bonds is 9. The Bertz CT molecular complexity index is 705. The van der Waals surface area contributed by atoms with Gasteiger partial charge in [0.1, 0.15) is 30.8 Å². The predicted molar refractivity (Wildman–Crippen MR) is 127 cm³/mol. The van der Waals surface area contributed by atoms with Gasteiger partial charge in [0.2, 0.25) is 0 Å². The number of para-hydroxylation sites is 2. The number of ether oxygens (including phenoxy) is 2. The molecule has 1 atom stereocenters. The average molecular weight is 457 g/mol. The van der Waals surface area contributed by atoms with Gasteiger partial charge in [-0.05, 0) is 37.1 Å². The van der Waals surface area contributed by atoms with Crippen molar-refractivity contribution in [2.45, 2.75) is 20.0 Å². The highest BCUT2D eigenvalue weighted by molar-refractivity contribution is 5.85. The van der Waals surface area contributed by atoms with Crippen LogP contribution in [0.3, 0.4) is 0 Å². The van der Waals surface area contributed by atoms with E-state index in [1.807, 2.05) is 62.4 Å². The summed E-state index contributed by atoms with van der Waals surface area (Å²) in [5.74, 6) is 1.82. The summed E-state index contributed by atoms with van der Waals surface area (Å²) in [6, 6.07) is 16.0. The van der Waals surface area contributed by atoms with E-state index < -0.39 is 6.10 Å². The van der Waals surface area contributed by atoms with Gasteiger partial charge < -0.3 is 14.6 Å². The van der Waals surface area contributed by atoms with Crippen molar-refractivity contribution in [1.29, 1.82) is 0 Å². The Hall–Kier alpha value is -1.50. The second-order valence-electron chi connectivity index (χ2n) is 7.49. The van der Waals surface area contributed by atoms with Crippen molar-refractivity contribution in [3.8, 4) is 11.5 Å². The fourth-order valence-corrected chi connectivity index (χ4v) is 3.56. The molecular formula is C23H34Cl2N2O3. The van der Waals surface area contributed by atoms with Crippen molar-refractivity contribution in [3.63, 3.8) is 0 Å². The number of aliphatic hydroxyl groups excluding tert-OH is 1. The Balaban J connectivity index is 0.00000225. The van der Waals surface area contributed by atoms with E-state index in [-0.39, 0.29) is 24.8 Å². The molecule has 2 aromatic rings. The van der Waals surface area contributed by atoms with Crippen LogP contribution in [0.5, 0.6) is 11.5 Å². The molecule has 0 radical (unpaired) electrons. The molecule has 0 spiro atoms. The van der Waals surface area contributed by atoms with Crippen molar-refractivity contribution in [1.82, 2.24) is 9.80 Å². The van der Waals surface area contributed by atoms with Crippen LogP contribution >= 0.6 is 24.8 Å². The van der Waals surface area contributed by atoms with Crippen LogP contribution < -0.4 is 9.47 Å². The maximum Gasteiger partial charge on any atom is 0.125 e. The molecule has 168 valence electrons. The van der Waals surface area contributed by atoms with Crippen LogP contribution in [0.15, 0.2) is 48.5 Å². The van der Waals surface area contributed by atoms with Crippen molar-refractivity contribution >= 4 is 24.8 Å². The quantitative estimate of drug-likeness (QED) is 0.624. The topological polar surface area (TPSA) is 45.2 Å². The first kappa shape index (κ1) is 26.5. The van der Waals surface area contributed by atoms with Gasteiger partial charge in [0.05, 0.1) is 0 Å². The minimum Gasteiger partial charge on any atom is -0.492 e. The van der Waals surface area contributed by atoms with Crippen LogP contribution in [0.25, 0.3) is 0 Å². The Morgan fingerprint density at radius 2 is 1.43 bits per heavy atom. The van der Waals surface area contributed by atoms with Gasteiger partial charge in [-0.3, -0.25) is 9.80 Å². The smallest absolute Gasteiger partial charge is 0.125 e. The molecule has 1 aliphatic rings. The SMILES string of the molecule is Cc1cccc(C)c1OCC(O)CN1CCN(CCOc2ccccc2)CC1.Cl.Cl. The van der Waals surface area contributed by atoms with Crippen LogP contribution in [-0.4, -0.2) is 73.5 Å². The molecule has 0 saturated carbocycles. The summed E-state index contributed by atoms with van der Waals surface area (Å²) in [4.78, 5) is 4.73. The fourth-order valence-electron chi connectivity index (χ4n) is 3.56. The molecule has 1 aliphatic heterocycles. The highest BCUT2D eigenvalue weighted by atomic mass is 35.5. The highest BCUT2D eigenvalue weighted by Crippen LogP contribution is 2.22. The Morgan fingerprint density at radius 1 is 0.833 bits per heavy atom.